The third kappa shape index (κ3) is 9.07. The average Bonchev–Trinajstić information content (AvgIpc) is 0. The third-order valence-electron chi connectivity index (χ3n) is 0. The Kier molecular flexibility index (Phi) is 200. The molecule has 0 spiro atoms. The fraction of sp³-hybridized carbons (Fsp3) is 0. The van der Waals surface area contributed by atoms with Gasteiger partial charge in [0.2, 0.25) is 0 Å². The average molecular weight is 161 g/mol. The zero-order chi connectivity index (χ0) is 0. The first-order valence-electron chi connectivity index (χ1n) is 0. The van der Waals surface area contributed by atoms with Crippen molar-refractivity contribution in [3.8, 4) is 0 Å². The van der Waals surface area contributed by atoms with Crippen LogP contribution in [0, 0.1) is 0 Å². The van der Waals surface area contributed by atoms with Gasteiger partial charge in [-0.25, -0.2) is 0 Å². The van der Waals surface area contributed by atoms with Crippen molar-refractivity contribution in [2.75, 3.05) is 0 Å². The van der Waals surface area contributed by atoms with Crippen molar-refractivity contribution >= 4 is 36.7 Å². The molecule has 19 valence electrons. The van der Waals surface area contributed by atoms with Crippen molar-refractivity contribution in [3.05, 3.63) is 0 Å². The minimum atomic E-state index is 0. The van der Waals surface area contributed by atoms with Crippen molar-refractivity contribution in [3.63, 3.8) is 0 Å². The summed E-state index contributed by atoms with van der Waals surface area (Å²) < 4.78 is 0. The molecule has 0 fully saturated rings. The maximum Gasteiger partial charge on any atom is 0.187 e. The van der Waals surface area contributed by atoms with Crippen LogP contribution in [0.25, 0.3) is 0 Å². The van der Waals surface area contributed by atoms with E-state index in [0.29, 0.717) is 0 Å². The second kappa shape index (κ2) is 20.5. The predicted octanol–water partition coefficient (Wildman–Crippen LogP) is -2.75. The molecule has 0 unspecified atom stereocenters. The monoisotopic (exact) mass is 161 g/mol. The molecule has 0 aromatic rings. The van der Waals surface area contributed by atoms with Gasteiger partial charge in [0.1, 0.15) is 0 Å². The Morgan fingerprint density at radius 3 is 1.00 bits per heavy atom. The fourth-order valence-electron chi connectivity index (χ4n) is 0. The molecule has 0 aromatic heterocycles. The van der Waals surface area contributed by atoms with Crippen LogP contribution in [0.15, 0.2) is 0 Å². The van der Waals surface area contributed by atoms with Crippen molar-refractivity contribution in [2.45, 2.75) is 0 Å². The second-order valence-electron chi connectivity index (χ2n) is 0. The standard InChI is InChI=1S/Al.B.H3Si.Y.3H/h;;1H3;;;;. The molecule has 4 heteroatoms. The maximum absolute atomic E-state index is 0. The topological polar surface area (TPSA) is 0 Å². The van der Waals surface area contributed by atoms with Gasteiger partial charge in [0, 0.05) is 41.1 Å². The molecule has 0 aliphatic carbocycles. The fourth-order valence-corrected chi connectivity index (χ4v) is 0. The Morgan fingerprint density at radius 1 is 1.00 bits per heavy atom. The van der Waals surface area contributed by atoms with E-state index in [1.54, 1.807) is 0 Å². The summed E-state index contributed by atoms with van der Waals surface area (Å²) in [5, 5.41) is 0. The molecule has 0 saturated carbocycles. The Labute approximate surface area is 68.7 Å². The summed E-state index contributed by atoms with van der Waals surface area (Å²) >= 11 is 0. The van der Waals surface area contributed by atoms with E-state index >= 15 is 0 Å². The molecule has 0 saturated heterocycles. The summed E-state index contributed by atoms with van der Waals surface area (Å²) in [6.07, 6.45) is 0. The number of rotatable bonds is 0. The normalized spacial score (nSPS) is 0. The minimum absolute atomic E-state index is 0. The molecule has 0 aliphatic heterocycles. The van der Waals surface area contributed by atoms with Crippen LogP contribution in [0.1, 0.15) is 0 Å². The molecule has 5 radical (unpaired) electrons. The van der Waals surface area contributed by atoms with Gasteiger partial charge < -0.3 is 0 Å². The Balaban J connectivity index is 0. The first-order chi connectivity index (χ1) is 0. The van der Waals surface area contributed by atoms with Crippen molar-refractivity contribution in [1.82, 2.24) is 0 Å². The zero-order valence-corrected chi connectivity index (χ0v) is 6.99. The molecule has 0 heterocycles. The first-order valence-corrected chi connectivity index (χ1v) is 0. The van der Waals surface area contributed by atoms with E-state index in [1.165, 1.54) is 0 Å². The molecule has 0 rings (SSSR count). The van der Waals surface area contributed by atoms with Crippen LogP contribution >= 0.6 is 0 Å². The van der Waals surface area contributed by atoms with Gasteiger partial charge in [0.25, 0.3) is 0 Å². The molecule has 0 nitrogen and oxygen atoms in total. The van der Waals surface area contributed by atoms with Gasteiger partial charge in [0.15, 0.2) is 17.4 Å². The molecule has 0 N–H and O–H groups in total. The first kappa shape index (κ1) is 38.9. The molecule has 0 bridgehead atoms. The summed E-state index contributed by atoms with van der Waals surface area (Å²) in [7, 11) is 0. The maximum atomic E-state index is 0. The van der Waals surface area contributed by atoms with E-state index in [9.17, 15) is 0 Å². The zero-order valence-electron chi connectivity index (χ0n) is 2.15. The summed E-state index contributed by atoms with van der Waals surface area (Å²) in [6.45, 7) is 0. The van der Waals surface area contributed by atoms with Crippen LogP contribution in [0.3, 0.4) is 0 Å². The Bertz CT molecular complexity index is 8.00. The van der Waals surface area contributed by atoms with Gasteiger partial charge in [-0.15, -0.1) is 0 Å². The van der Waals surface area contributed by atoms with Crippen LogP contribution in [0.5, 0.6) is 0 Å². The van der Waals surface area contributed by atoms with Crippen LogP contribution in [0.2, 0.25) is 0 Å². The van der Waals surface area contributed by atoms with Gasteiger partial charge in [-0.2, -0.15) is 0 Å². The molecular formula is H6AlBSiY. The summed E-state index contributed by atoms with van der Waals surface area (Å²) in [5.74, 6) is 0. The van der Waals surface area contributed by atoms with Crippen molar-refractivity contribution < 1.29 is 32.7 Å². The van der Waals surface area contributed by atoms with Crippen LogP contribution < -0.4 is 0 Å². The summed E-state index contributed by atoms with van der Waals surface area (Å²) in [5.41, 5.74) is 0. The smallest absolute Gasteiger partial charge is 0.0125 e. The van der Waals surface area contributed by atoms with E-state index in [4.69, 9.17) is 0 Å². The Morgan fingerprint density at radius 2 is 1.00 bits per heavy atom. The molecule has 0 aromatic carbocycles. The van der Waals surface area contributed by atoms with Gasteiger partial charge in [-0.3, -0.25) is 0 Å². The molecule has 4 heavy (non-hydrogen) atoms. The largest absolute Gasteiger partial charge is 0.187 e. The van der Waals surface area contributed by atoms with Gasteiger partial charge in [-0.05, 0) is 11.0 Å². The Hall–Kier alpha value is 1.92. The van der Waals surface area contributed by atoms with Crippen LogP contribution in [-0.4, -0.2) is 36.7 Å². The molecule has 0 amide bonds. The third-order valence-corrected chi connectivity index (χ3v) is 0. The summed E-state index contributed by atoms with van der Waals surface area (Å²) in [6, 6.07) is 0. The van der Waals surface area contributed by atoms with Crippen molar-refractivity contribution in [2.24, 2.45) is 0 Å². The predicted molar refractivity (Wildman–Crippen MR) is 25.6 cm³/mol. The second-order valence-corrected chi connectivity index (χ2v) is 0. The van der Waals surface area contributed by atoms with Gasteiger partial charge in [0.05, 0.1) is 0 Å². The number of hydrogen-bond acceptors (Lipinski definition) is 0. The van der Waals surface area contributed by atoms with E-state index in [-0.39, 0.29) is 69.4 Å². The van der Waals surface area contributed by atoms with E-state index in [1.807, 2.05) is 0 Å². The SMILES string of the molecule is [AlH3].[B].[SiH3].[Y]. The molecule has 0 aliphatic rings. The van der Waals surface area contributed by atoms with E-state index in [0.717, 1.165) is 0 Å². The van der Waals surface area contributed by atoms with E-state index in [2.05, 4.69) is 0 Å². The van der Waals surface area contributed by atoms with Crippen molar-refractivity contribution in [1.29, 1.82) is 0 Å². The minimum Gasteiger partial charge on any atom is -0.0125 e. The van der Waals surface area contributed by atoms with E-state index < -0.39 is 0 Å². The van der Waals surface area contributed by atoms with Crippen LogP contribution in [-0.2, 0) is 32.7 Å². The quantitative estimate of drug-likeness (QED) is 0.338. The molecular weight excluding hydrogens is 155 g/mol. The summed E-state index contributed by atoms with van der Waals surface area (Å²) in [4.78, 5) is 0. The van der Waals surface area contributed by atoms with Crippen LogP contribution in [0.4, 0.5) is 0 Å². The molecule has 0 atom stereocenters. The van der Waals surface area contributed by atoms with Gasteiger partial charge >= 0.3 is 0 Å². The number of hydrogen-bond donors (Lipinski definition) is 0. The van der Waals surface area contributed by atoms with Gasteiger partial charge in [-0.1, -0.05) is 0 Å².